The van der Waals surface area contributed by atoms with E-state index in [9.17, 15) is 13.5 Å². The highest BCUT2D eigenvalue weighted by atomic mass is 35.5. The van der Waals surface area contributed by atoms with Crippen LogP contribution in [0.5, 0.6) is 0 Å². The minimum atomic E-state index is -3.76. The summed E-state index contributed by atoms with van der Waals surface area (Å²) in [6.45, 7) is 0.343. The first kappa shape index (κ1) is 26.7. The van der Waals surface area contributed by atoms with Gasteiger partial charge in [0, 0.05) is 17.7 Å². The van der Waals surface area contributed by atoms with Gasteiger partial charge in [0.2, 0.25) is 0 Å². The number of hydrogen-bond acceptors (Lipinski definition) is 6. The molecule has 198 valence electrons. The Bertz CT molecular complexity index is 1500. The van der Waals surface area contributed by atoms with E-state index in [0.29, 0.717) is 29.4 Å². The second kappa shape index (κ2) is 11.4. The average Bonchev–Trinajstić information content (AvgIpc) is 3.25. The number of sulfonamides is 1. The van der Waals surface area contributed by atoms with E-state index in [-0.39, 0.29) is 28.9 Å². The van der Waals surface area contributed by atoms with E-state index in [1.807, 2.05) is 30.3 Å². The van der Waals surface area contributed by atoms with Crippen molar-refractivity contribution in [1.82, 2.24) is 9.55 Å². The maximum atomic E-state index is 12.8. The average molecular weight is 574 g/mol. The molecular formula is C27H25Cl2N3O5S. The van der Waals surface area contributed by atoms with Gasteiger partial charge in [-0.05, 0) is 35.4 Å². The van der Waals surface area contributed by atoms with Gasteiger partial charge in [-0.3, -0.25) is 4.72 Å². The molecule has 38 heavy (non-hydrogen) atoms. The van der Waals surface area contributed by atoms with Crippen LogP contribution in [0.3, 0.4) is 0 Å². The first-order valence-electron chi connectivity index (χ1n) is 11.9. The Balaban J connectivity index is 1.41. The molecule has 3 aromatic carbocycles. The molecule has 4 aromatic rings. The van der Waals surface area contributed by atoms with Gasteiger partial charge >= 0.3 is 0 Å². The number of nitrogens with one attached hydrogen (secondary N) is 1. The lowest BCUT2D eigenvalue weighted by atomic mass is 10.00. The molecule has 1 aliphatic heterocycles. The minimum absolute atomic E-state index is 0.0499. The topological polar surface area (TPSA) is 103 Å². The van der Waals surface area contributed by atoms with Crippen molar-refractivity contribution in [3.63, 3.8) is 0 Å². The quantitative estimate of drug-likeness (QED) is 0.279. The fraction of sp³-hybridized carbons (Fsp3) is 0.222. The number of imidazole rings is 1. The van der Waals surface area contributed by atoms with Crippen LogP contribution in [0.2, 0.25) is 10.3 Å². The van der Waals surface area contributed by atoms with Crippen molar-refractivity contribution in [2.24, 2.45) is 0 Å². The SMILES string of the molecule is O=S(=O)(Nc1cccc([C@@H]2O[C@H](Cn3cnc(Cl)c3Cl)C[C@H](c3ccc(CO)cc3)O2)c1)c1ccccc1. The summed E-state index contributed by atoms with van der Waals surface area (Å²) in [5.74, 6) is 0. The molecule has 1 aliphatic rings. The second-order valence-corrected chi connectivity index (χ2v) is 11.3. The summed E-state index contributed by atoms with van der Waals surface area (Å²) in [6.07, 6.45) is 0.664. The molecule has 0 spiro atoms. The van der Waals surface area contributed by atoms with Gasteiger partial charge in [0.15, 0.2) is 11.4 Å². The molecular weight excluding hydrogens is 549 g/mol. The number of benzene rings is 3. The molecule has 2 N–H and O–H groups in total. The fourth-order valence-electron chi connectivity index (χ4n) is 4.28. The van der Waals surface area contributed by atoms with Gasteiger partial charge < -0.3 is 19.1 Å². The van der Waals surface area contributed by atoms with E-state index in [1.165, 1.54) is 12.1 Å². The van der Waals surface area contributed by atoms with Crippen LogP contribution in [0, 0.1) is 0 Å². The molecule has 0 unspecified atom stereocenters. The Hall–Kier alpha value is -2.92. The lowest BCUT2D eigenvalue weighted by molar-refractivity contribution is -0.252. The largest absolute Gasteiger partial charge is 0.392 e. The van der Waals surface area contributed by atoms with Gasteiger partial charge in [0.1, 0.15) is 5.15 Å². The highest BCUT2D eigenvalue weighted by Gasteiger charge is 2.33. The standard InChI is InChI=1S/C27H25Cl2N3O5S/c28-25-26(29)32(17-30-25)15-22-14-24(19-11-9-18(16-33)10-12-19)37-27(36-22)20-5-4-6-21(13-20)31-38(34,35)23-7-2-1-3-8-23/h1-13,17,22,24,27,31,33H,14-16H2/t22-,24+,27+/m0/s1. The van der Waals surface area contributed by atoms with E-state index in [0.717, 1.165) is 11.1 Å². The molecule has 3 atom stereocenters. The van der Waals surface area contributed by atoms with Crippen molar-refractivity contribution in [1.29, 1.82) is 0 Å². The Labute approximate surface area is 230 Å². The number of anilines is 1. The first-order chi connectivity index (χ1) is 18.3. The van der Waals surface area contributed by atoms with E-state index in [1.54, 1.807) is 47.3 Å². The van der Waals surface area contributed by atoms with Crippen LogP contribution in [0.25, 0.3) is 0 Å². The predicted molar refractivity (Wildman–Crippen MR) is 144 cm³/mol. The van der Waals surface area contributed by atoms with Crippen molar-refractivity contribution < 1.29 is 23.0 Å². The smallest absolute Gasteiger partial charge is 0.261 e. The fourth-order valence-corrected chi connectivity index (χ4v) is 5.67. The molecule has 0 bridgehead atoms. The third kappa shape index (κ3) is 6.04. The maximum Gasteiger partial charge on any atom is 0.261 e. The normalized spacial score (nSPS) is 19.8. The number of aliphatic hydroxyl groups excluding tert-OH is 1. The van der Waals surface area contributed by atoms with Gasteiger partial charge in [-0.15, -0.1) is 0 Å². The van der Waals surface area contributed by atoms with E-state index in [4.69, 9.17) is 32.7 Å². The molecule has 5 rings (SSSR count). The predicted octanol–water partition coefficient (Wildman–Crippen LogP) is 5.73. The van der Waals surface area contributed by atoms with Gasteiger partial charge in [-0.25, -0.2) is 13.4 Å². The van der Waals surface area contributed by atoms with E-state index < -0.39 is 16.3 Å². The van der Waals surface area contributed by atoms with Crippen LogP contribution in [0.1, 0.15) is 35.5 Å². The van der Waals surface area contributed by atoms with Crippen LogP contribution < -0.4 is 4.72 Å². The molecule has 11 heteroatoms. The van der Waals surface area contributed by atoms with Crippen LogP contribution >= 0.6 is 23.2 Å². The van der Waals surface area contributed by atoms with Crippen molar-refractivity contribution in [3.8, 4) is 0 Å². The number of aromatic nitrogens is 2. The maximum absolute atomic E-state index is 12.8. The summed E-state index contributed by atoms with van der Waals surface area (Å²) in [7, 11) is -3.76. The molecule has 0 saturated carbocycles. The number of halogens is 2. The highest BCUT2D eigenvalue weighted by Crippen LogP contribution is 2.39. The van der Waals surface area contributed by atoms with Gasteiger partial charge in [-0.1, -0.05) is 77.8 Å². The first-order valence-corrected chi connectivity index (χ1v) is 14.1. The lowest BCUT2D eigenvalue weighted by Gasteiger charge is -2.36. The molecule has 1 aromatic heterocycles. The van der Waals surface area contributed by atoms with Crippen molar-refractivity contribution >= 4 is 38.9 Å². The molecule has 1 saturated heterocycles. The Morgan fingerprint density at radius 1 is 0.974 bits per heavy atom. The lowest BCUT2D eigenvalue weighted by Crippen LogP contribution is -2.32. The summed E-state index contributed by atoms with van der Waals surface area (Å²) >= 11 is 12.3. The highest BCUT2D eigenvalue weighted by molar-refractivity contribution is 7.92. The molecule has 2 heterocycles. The zero-order valence-electron chi connectivity index (χ0n) is 20.1. The third-order valence-corrected chi connectivity index (χ3v) is 8.38. The van der Waals surface area contributed by atoms with Crippen LogP contribution in [0.4, 0.5) is 5.69 Å². The number of rotatable bonds is 8. The monoisotopic (exact) mass is 573 g/mol. The summed E-state index contributed by atoms with van der Waals surface area (Å²) in [5, 5.41) is 9.94. The Morgan fingerprint density at radius 3 is 2.42 bits per heavy atom. The number of hydrogen-bond donors (Lipinski definition) is 2. The van der Waals surface area contributed by atoms with Crippen LogP contribution in [-0.2, 0) is 32.6 Å². The molecule has 8 nitrogen and oxygen atoms in total. The zero-order chi connectivity index (χ0) is 26.7. The van der Waals surface area contributed by atoms with Crippen molar-refractivity contribution in [2.45, 2.75) is 43.0 Å². The van der Waals surface area contributed by atoms with Gasteiger partial charge in [-0.2, -0.15) is 0 Å². The van der Waals surface area contributed by atoms with E-state index >= 15 is 0 Å². The minimum Gasteiger partial charge on any atom is -0.392 e. The summed E-state index contributed by atoms with van der Waals surface area (Å²) in [4.78, 5) is 4.21. The number of ether oxygens (including phenoxy) is 2. The number of aliphatic hydroxyl groups is 1. The summed E-state index contributed by atoms with van der Waals surface area (Å²) in [6, 6.07) is 22.6. The van der Waals surface area contributed by atoms with E-state index in [2.05, 4.69) is 9.71 Å². The third-order valence-electron chi connectivity index (χ3n) is 6.21. The Morgan fingerprint density at radius 2 is 1.74 bits per heavy atom. The molecule has 0 radical (unpaired) electrons. The Kier molecular flexibility index (Phi) is 8.04. The molecule has 0 aliphatic carbocycles. The second-order valence-electron chi connectivity index (χ2n) is 8.87. The van der Waals surface area contributed by atoms with Gasteiger partial charge in [0.05, 0.1) is 36.6 Å². The van der Waals surface area contributed by atoms with Gasteiger partial charge in [0.25, 0.3) is 10.0 Å². The summed E-state index contributed by atoms with van der Waals surface area (Å²) in [5.41, 5.74) is 2.76. The molecule has 0 amide bonds. The molecule has 1 fully saturated rings. The van der Waals surface area contributed by atoms with Crippen molar-refractivity contribution in [3.05, 3.63) is 112 Å². The zero-order valence-corrected chi connectivity index (χ0v) is 22.4. The van der Waals surface area contributed by atoms with Crippen LogP contribution in [-0.4, -0.2) is 29.2 Å². The summed E-state index contributed by atoms with van der Waals surface area (Å²) < 4.78 is 42.7. The van der Waals surface area contributed by atoms with Crippen molar-refractivity contribution in [2.75, 3.05) is 4.72 Å². The van der Waals surface area contributed by atoms with Crippen LogP contribution in [0.15, 0.2) is 90.1 Å². The number of nitrogens with zero attached hydrogens (tertiary/aromatic N) is 2.